The summed E-state index contributed by atoms with van der Waals surface area (Å²) in [4.78, 5) is 0. The van der Waals surface area contributed by atoms with E-state index >= 15 is 0 Å². The van der Waals surface area contributed by atoms with Crippen LogP contribution >= 0.6 is 11.6 Å². The summed E-state index contributed by atoms with van der Waals surface area (Å²) < 4.78 is 0. The molecule has 0 amide bonds. The van der Waals surface area contributed by atoms with Gasteiger partial charge in [0.25, 0.3) is 0 Å². The van der Waals surface area contributed by atoms with Gasteiger partial charge < -0.3 is 5.73 Å². The van der Waals surface area contributed by atoms with Gasteiger partial charge in [-0.2, -0.15) is 5.10 Å². The molecule has 9 heavy (non-hydrogen) atoms. The number of amidine groups is 1. The molecule has 0 bridgehead atoms. The molecule has 0 aliphatic heterocycles. The molecular formula is C5H8ClN3. The zero-order valence-electron chi connectivity index (χ0n) is 5.13. The lowest BCUT2D eigenvalue weighted by Crippen LogP contribution is -2.06. The molecule has 0 aromatic rings. The first-order chi connectivity index (χ1) is 4.16. The lowest BCUT2D eigenvalue weighted by molar-refractivity contribution is 1.25. The van der Waals surface area contributed by atoms with Crippen LogP contribution in [0.3, 0.4) is 0 Å². The molecule has 0 saturated heterocycles. The lowest BCUT2D eigenvalue weighted by Gasteiger charge is -1.86. The molecule has 0 radical (unpaired) electrons. The van der Waals surface area contributed by atoms with Crippen molar-refractivity contribution >= 4 is 24.2 Å². The van der Waals surface area contributed by atoms with E-state index in [4.69, 9.17) is 17.3 Å². The molecule has 0 saturated carbocycles. The van der Waals surface area contributed by atoms with Gasteiger partial charge in [-0.15, -0.1) is 5.10 Å². The molecule has 2 N–H and O–H groups in total. The van der Waals surface area contributed by atoms with E-state index in [1.165, 1.54) is 6.08 Å². The molecule has 0 aliphatic rings. The van der Waals surface area contributed by atoms with E-state index in [2.05, 4.69) is 16.9 Å². The second-order valence-electron chi connectivity index (χ2n) is 1.40. The van der Waals surface area contributed by atoms with Crippen molar-refractivity contribution in [1.82, 2.24) is 0 Å². The van der Waals surface area contributed by atoms with Crippen molar-refractivity contribution in [1.29, 1.82) is 0 Å². The zero-order valence-corrected chi connectivity index (χ0v) is 5.89. The third kappa shape index (κ3) is 5.03. The third-order valence-corrected chi connectivity index (χ3v) is 0.642. The predicted octanol–water partition coefficient (Wildman–Crippen LogP) is 1.10. The number of hydrogen-bond donors (Lipinski definition) is 1. The van der Waals surface area contributed by atoms with E-state index in [0.717, 1.165) is 0 Å². The summed E-state index contributed by atoms with van der Waals surface area (Å²) in [6.45, 7) is 4.82. The van der Waals surface area contributed by atoms with Crippen molar-refractivity contribution in [2.24, 2.45) is 15.9 Å². The molecule has 0 spiro atoms. The molecular weight excluding hydrogens is 138 g/mol. The van der Waals surface area contributed by atoms with Crippen LogP contribution in [0.5, 0.6) is 0 Å². The van der Waals surface area contributed by atoms with Crippen molar-refractivity contribution in [3.8, 4) is 0 Å². The standard InChI is InChI=1S/C5H8ClN3/c1-4(6)3-5(7)9-8-2/h3H,2H2,1H3,(H2,7,9)/b4-3+. The monoisotopic (exact) mass is 145 g/mol. The van der Waals surface area contributed by atoms with Crippen LogP contribution < -0.4 is 5.73 Å². The van der Waals surface area contributed by atoms with E-state index in [1.807, 2.05) is 0 Å². The molecule has 4 heteroatoms. The maximum absolute atomic E-state index is 5.45. The normalized spacial score (nSPS) is 13.6. The molecule has 0 aromatic heterocycles. The molecule has 0 unspecified atom stereocenters. The number of hydrogen-bond acceptors (Lipinski definition) is 2. The van der Waals surface area contributed by atoms with E-state index in [-0.39, 0.29) is 5.84 Å². The van der Waals surface area contributed by atoms with Crippen LogP contribution in [0.15, 0.2) is 21.3 Å². The summed E-state index contributed by atoms with van der Waals surface area (Å²) in [6, 6.07) is 0. The average Bonchev–Trinajstić information content (AvgIpc) is 1.63. The second kappa shape index (κ2) is 4.09. The summed E-state index contributed by atoms with van der Waals surface area (Å²) in [5, 5.41) is 7.18. The van der Waals surface area contributed by atoms with Gasteiger partial charge in [0.05, 0.1) is 0 Å². The van der Waals surface area contributed by atoms with Crippen LogP contribution in [0.1, 0.15) is 6.92 Å². The maximum atomic E-state index is 5.45. The van der Waals surface area contributed by atoms with Crippen LogP contribution in [0.25, 0.3) is 0 Å². The Morgan fingerprint density at radius 2 is 2.33 bits per heavy atom. The van der Waals surface area contributed by atoms with Gasteiger partial charge in [0.1, 0.15) is 5.84 Å². The second-order valence-corrected chi connectivity index (χ2v) is 1.99. The van der Waals surface area contributed by atoms with E-state index < -0.39 is 0 Å². The van der Waals surface area contributed by atoms with Crippen molar-refractivity contribution in [3.05, 3.63) is 11.1 Å². The predicted molar refractivity (Wildman–Crippen MR) is 40.8 cm³/mol. The number of allylic oxidation sites excluding steroid dienone is 1. The molecule has 0 aliphatic carbocycles. The Bertz CT molecular complexity index is 156. The Hall–Kier alpha value is -0.830. The summed E-state index contributed by atoms with van der Waals surface area (Å²) in [5.41, 5.74) is 5.24. The van der Waals surface area contributed by atoms with Crippen LogP contribution in [0.4, 0.5) is 0 Å². The Labute approximate surface area is 58.9 Å². The Balaban J connectivity index is 4.05. The summed E-state index contributed by atoms with van der Waals surface area (Å²) in [6.07, 6.45) is 1.50. The molecule has 3 nitrogen and oxygen atoms in total. The van der Waals surface area contributed by atoms with E-state index in [0.29, 0.717) is 5.03 Å². The van der Waals surface area contributed by atoms with Crippen molar-refractivity contribution in [3.63, 3.8) is 0 Å². The minimum atomic E-state index is 0.262. The van der Waals surface area contributed by atoms with Crippen LogP contribution in [0, 0.1) is 0 Å². The fraction of sp³-hybridized carbons (Fsp3) is 0.200. The highest BCUT2D eigenvalue weighted by Crippen LogP contribution is 1.96. The number of rotatable bonds is 2. The first kappa shape index (κ1) is 8.17. The van der Waals surface area contributed by atoms with E-state index in [1.54, 1.807) is 6.92 Å². The average molecular weight is 146 g/mol. The quantitative estimate of drug-likeness (QED) is 0.353. The number of nitrogens with two attached hydrogens (primary N) is 1. The molecule has 0 heterocycles. The van der Waals surface area contributed by atoms with Gasteiger partial charge in [-0.05, 0) is 13.0 Å². The van der Waals surface area contributed by atoms with Gasteiger partial charge in [0.2, 0.25) is 0 Å². The van der Waals surface area contributed by atoms with Crippen molar-refractivity contribution < 1.29 is 0 Å². The smallest absolute Gasteiger partial charge is 0.147 e. The summed E-state index contributed by atoms with van der Waals surface area (Å²) in [7, 11) is 0. The summed E-state index contributed by atoms with van der Waals surface area (Å²) >= 11 is 5.45. The summed E-state index contributed by atoms with van der Waals surface area (Å²) in [5.74, 6) is 0.262. The van der Waals surface area contributed by atoms with Crippen LogP contribution in [-0.4, -0.2) is 12.6 Å². The largest absolute Gasteiger partial charge is 0.382 e. The van der Waals surface area contributed by atoms with Crippen LogP contribution in [-0.2, 0) is 0 Å². The SMILES string of the molecule is C=N/N=C(N)\C=C(/C)Cl. The van der Waals surface area contributed by atoms with Crippen LogP contribution in [0.2, 0.25) is 0 Å². The van der Waals surface area contributed by atoms with Gasteiger partial charge in [-0.3, -0.25) is 0 Å². The maximum Gasteiger partial charge on any atom is 0.147 e. The van der Waals surface area contributed by atoms with E-state index in [9.17, 15) is 0 Å². The third-order valence-electron chi connectivity index (χ3n) is 0.533. The number of nitrogens with zero attached hydrogens (tertiary/aromatic N) is 2. The Morgan fingerprint density at radius 1 is 1.78 bits per heavy atom. The van der Waals surface area contributed by atoms with Gasteiger partial charge >= 0.3 is 0 Å². The highest BCUT2D eigenvalue weighted by molar-refractivity contribution is 6.30. The molecule has 0 aromatic carbocycles. The van der Waals surface area contributed by atoms with Gasteiger partial charge in [0, 0.05) is 11.7 Å². The Kier molecular flexibility index (Phi) is 3.71. The highest BCUT2D eigenvalue weighted by Gasteiger charge is 1.83. The fourth-order valence-corrected chi connectivity index (χ4v) is 0.426. The minimum Gasteiger partial charge on any atom is -0.382 e. The molecule has 0 atom stereocenters. The highest BCUT2D eigenvalue weighted by atomic mass is 35.5. The fourth-order valence-electron chi connectivity index (χ4n) is 0.314. The molecule has 50 valence electrons. The zero-order chi connectivity index (χ0) is 7.28. The topological polar surface area (TPSA) is 50.7 Å². The van der Waals surface area contributed by atoms with Crippen molar-refractivity contribution in [2.45, 2.75) is 6.92 Å². The first-order valence-electron chi connectivity index (χ1n) is 2.29. The van der Waals surface area contributed by atoms with Crippen molar-refractivity contribution in [2.75, 3.05) is 0 Å². The molecule has 0 rings (SSSR count). The lowest BCUT2D eigenvalue weighted by atomic mass is 10.5. The Morgan fingerprint density at radius 3 is 2.67 bits per heavy atom. The molecule has 0 fully saturated rings. The van der Waals surface area contributed by atoms with Gasteiger partial charge in [-0.1, -0.05) is 11.6 Å². The van der Waals surface area contributed by atoms with Gasteiger partial charge in [-0.25, -0.2) is 0 Å². The number of halogens is 1. The first-order valence-corrected chi connectivity index (χ1v) is 2.67. The van der Waals surface area contributed by atoms with Gasteiger partial charge in [0.15, 0.2) is 0 Å². The minimum absolute atomic E-state index is 0.262.